The summed E-state index contributed by atoms with van der Waals surface area (Å²) in [5.74, 6) is 0. The minimum Gasteiger partial charge on any atom is -0.305 e. The van der Waals surface area contributed by atoms with Crippen molar-refractivity contribution in [2.45, 2.75) is 52.4 Å². The van der Waals surface area contributed by atoms with Gasteiger partial charge >= 0.3 is 0 Å². The third-order valence-electron chi connectivity index (χ3n) is 3.64. The average Bonchev–Trinajstić information content (AvgIpc) is 2.24. The first-order chi connectivity index (χ1) is 9.52. The molecule has 0 spiro atoms. The van der Waals surface area contributed by atoms with E-state index in [9.17, 15) is 0 Å². The van der Waals surface area contributed by atoms with Gasteiger partial charge in [-0.25, -0.2) is 0 Å². The van der Waals surface area contributed by atoms with Gasteiger partial charge in [-0.15, -0.1) is 0 Å². The Morgan fingerprint density at radius 1 is 0.857 bits per heavy atom. The topological polar surface area (TPSA) is 6.48 Å². The van der Waals surface area contributed by atoms with Gasteiger partial charge in [0.2, 0.25) is 0 Å². The van der Waals surface area contributed by atoms with Crippen molar-refractivity contribution in [3.8, 4) is 0 Å². The van der Waals surface area contributed by atoms with Crippen molar-refractivity contribution in [2.75, 3.05) is 28.2 Å². The van der Waals surface area contributed by atoms with Crippen LogP contribution >= 0.6 is 0 Å². The highest BCUT2D eigenvalue weighted by molar-refractivity contribution is 6.71. The summed E-state index contributed by atoms with van der Waals surface area (Å²) in [6.07, 6.45) is 0. The lowest BCUT2D eigenvalue weighted by atomic mass is 9.85. The second-order valence-corrected chi connectivity index (χ2v) is 10.4. The average molecular weight is 306 g/mol. The predicted octanol–water partition coefficient (Wildman–Crippen LogP) is 3.07. The van der Waals surface area contributed by atoms with E-state index in [0.717, 1.165) is 13.1 Å². The van der Waals surface area contributed by atoms with Crippen molar-refractivity contribution in [3.05, 3.63) is 28.8 Å². The smallest absolute Gasteiger partial charge is 0.0800 e. The number of benzene rings is 1. The second-order valence-electron chi connectivity index (χ2n) is 7.90. The molecule has 1 rings (SSSR count). The third kappa shape index (κ3) is 5.24. The maximum Gasteiger partial charge on any atom is 0.0800 e. The van der Waals surface area contributed by atoms with Crippen molar-refractivity contribution >= 4 is 14.0 Å². The maximum absolute atomic E-state index is 2.45. The lowest BCUT2D eigenvalue weighted by Crippen LogP contribution is -2.35. The van der Waals surface area contributed by atoms with Crippen molar-refractivity contribution in [3.63, 3.8) is 0 Å². The van der Waals surface area contributed by atoms with Crippen LogP contribution in [-0.2, 0) is 18.5 Å². The molecule has 0 heterocycles. The normalized spacial score (nSPS) is 12.8. The van der Waals surface area contributed by atoms with E-state index in [1.807, 2.05) is 0 Å². The summed E-state index contributed by atoms with van der Waals surface area (Å²) < 4.78 is 0. The van der Waals surface area contributed by atoms with E-state index < -0.39 is 8.80 Å². The summed E-state index contributed by atoms with van der Waals surface area (Å²) in [6.45, 7) is 13.8. The molecule has 0 aliphatic heterocycles. The molecule has 2 nitrogen and oxygen atoms in total. The molecular formula is C18H33N2Si. The first-order valence-electron chi connectivity index (χ1n) is 7.78. The van der Waals surface area contributed by atoms with Crippen LogP contribution in [0.1, 0.15) is 37.5 Å². The molecule has 0 N–H and O–H groups in total. The Hall–Kier alpha value is -0.643. The summed E-state index contributed by atoms with van der Waals surface area (Å²) >= 11 is 0. The highest BCUT2D eigenvalue weighted by atomic mass is 28.3. The Balaban J connectivity index is 3.49. The Morgan fingerprint density at radius 3 is 1.48 bits per heavy atom. The lowest BCUT2D eigenvalue weighted by Gasteiger charge is -2.27. The van der Waals surface area contributed by atoms with Crippen LogP contribution in [0.2, 0.25) is 13.1 Å². The number of rotatable bonds is 5. The molecule has 0 aliphatic carbocycles. The Labute approximate surface area is 133 Å². The summed E-state index contributed by atoms with van der Waals surface area (Å²) in [5.41, 5.74) is 4.73. The van der Waals surface area contributed by atoms with E-state index in [1.54, 1.807) is 5.19 Å². The van der Waals surface area contributed by atoms with Gasteiger partial charge in [-0.05, 0) is 50.3 Å². The standard InChI is InChI=1S/C18H33N2Si/c1-18(2,3)16-10-14(12-19(4)5)17(21(8)9)15(11-16)13-20(6)7/h10-11H,12-13H2,1-9H3. The summed E-state index contributed by atoms with van der Waals surface area (Å²) in [7, 11) is 8.18. The van der Waals surface area contributed by atoms with Crippen molar-refractivity contribution in [2.24, 2.45) is 0 Å². The van der Waals surface area contributed by atoms with Gasteiger partial charge in [-0.3, -0.25) is 0 Å². The van der Waals surface area contributed by atoms with Gasteiger partial charge < -0.3 is 9.80 Å². The molecule has 0 aromatic heterocycles. The van der Waals surface area contributed by atoms with Gasteiger partial charge in [0.25, 0.3) is 0 Å². The van der Waals surface area contributed by atoms with Crippen LogP contribution in [0.15, 0.2) is 12.1 Å². The minimum atomic E-state index is -0.477. The molecule has 0 bridgehead atoms. The zero-order valence-electron chi connectivity index (χ0n) is 15.5. The second kappa shape index (κ2) is 7.08. The Kier molecular flexibility index (Phi) is 6.20. The van der Waals surface area contributed by atoms with Crippen LogP contribution < -0.4 is 5.19 Å². The fraction of sp³-hybridized carbons (Fsp3) is 0.667. The quantitative estimate of drug-likeness (QED) is 0.772. The number of hydrogen-bond donors (Lipinski definition) is 0. The summed E-state index contributed by atoms with van der Waals surface area (Å²) in [4.78, 5) is 4.57. The van der Waals surface area contributed by atoms with E-state index in [1.165, 1.54) is 16.7 Å². The van der Waals surface area contributed by atoms with E-state index >= 15 is 0 Å². The molecule has 119 valence electrons. The van der Waals surface area contributed by atoms with Crippen LogP contribution in [0.4, 0.5) is 0 Å². The molecule has 1 aromatic rings. The van der Waals surface area contributed by atoms with Gasteiger partial charge in [0, 0.05) is 13.1 Å². The van der Waals surface area contributed by atoms with Gasteiger partial charge in [0.15, 0.2) is 0 Å². The van der Waals surface area contributed by atoms with E-state index in [2.05, 4.69) is 84.0 Å². The fourth-order valence-electron chi connectivity index (χ4n) is 2.77. The molecule has 0 fully saturated rings. The first-order valence-corrected chi connectivity index (χ1v) is 10.3. The van der Waals surface area contributed by atoms with E-state index in [4.69, 9.17) is 0 Å². The van der Waals surface area contributed by atoms with Crippen LogP contribution in [0.5, 0.6) is 0 Å². The van der Waals surface area contributed by atoms with E-state index in [0.29, 0.717) is 0 Å². The molecule has 0 aliphatic rings. The van der Waals surface area contributed by atoms with Gasteiger partial charge in [0.05, 0.1) is 8.80 Å². The van der Waals surface area contributed by atoms with Crippen molar-refractivity contribution in [1.29, 1.82) is 0 Å². The maximum atomic E-state index is 2.45. The number of hydrogen-bond acceptors (Lipinski definition) is 2. The zero-order valence-corrected chi connectivity index (χ0v) is 16.5. The molecular weight excluding hydrogens is 272 g/mol. The van der Waals surface area contributed by atoms with Crippen LogP contribution in [0.3, 0.4) is 0 Å². The predicted molar refractivity (Wildman–Crippen MR) is 97.0 cm³/mol. The molecule has 0 saturated heterocycles. The molecule has 1 aromatic carbocycles. The fourth-order valence-corrected chi connectivity index (χ4v) is 4.36. The van der Waals surface area contributed by atoms with Crippen LogP contribution in [0, 0.1) is 0 Å². The molecule has 3 heteroatoms. The van der Waals surface area contributed by atoms with Crippen molar-refractivity contribution < 1.29 is 0 Å². The van der Waals surface area contributed by atoms with E-state index in [-0.39, 0.29) is 5.41 Å². The SMILES string of the molecule is CN(C)Cc1cc(C(C)(C)C)cc(CN(C)C)c1[Si](C)C. The highest BCUT2D eigenvalue weighted by Gasteiger charge is 2.21. The molecule has 21 heavy (non-hydrogen) atoms. The Bertz CT molecular complexity index is 440. The van der Waals surface area contributed by atoms with Crippen molar-refractivity contribution in [1.82, 2.24) is 9.80 Å². The molecule has 0 unspecified atom stereocenters. The third-order valence-corrected chi connectivity index (χ3v) is 5.28. The van der Waals surface area contributed by atoms with Crippen LogP contribution in [-0.4, -0.2) is 46.8 Å². The highest BCUT2D eigenvalue weighted by Crippen LogP contribution is 2.25. The van der Waals surface area contributed by atoms with Gasteiger partial charge in [-0.1, -0.05) is 51.2 Å². The van der Waals surface area contributed by atoms with Gasteiger partial charge in [0.1, 0.15) is 0 Å². The van der Waals surface area contributed by atoms with Crippen LogP contribution in [0.25, 0.3) is 0 Å². The largest absolute Gasteiger partial charge is 0.305 e. The minimum absolute atomic E-state index is 0.203. The molecule has 1 radical (unpaired) electrons. The lowest BCUT2D eigenvalue weighted by molar-refractivity contribution is 0.396. The monoisotopic (exact) mass is 305 g/mol. The van der Waals surface area contributed by atoms with Gasteiger partial charge in [-0.2, -0.15) is 0 Å². The number of nitrogens with zero attached hydrogens (tertiary/aromatic N) is 2. The summed E-state index contributed by atoms with van der Waals surface area (Å²) in [5, 5.41) is 1.63. The zero-order chi connectivity index (χ0) is 16.4. The first kappa shape index (κ1) is 18.4. The molecule has 0 amide bonds. The Morgan fingerprint density at radius 2 is 1.24 bits per heavy atom. The summed E-state index contributed by atoms with van der Waals surface area (Å²) in [6, 6.07) is 4.90. The molecule has 0 atom stereocenters. The molecule has 0 saturated carbocycles.